The Labute approximate surface area is 114 Å². The fourth-order valence-corrected chi connectivity index (χ4v) is 1.64. The summed E-state index contributed by atoms with van der Waals surface area (Å²) < 4.78 is 40.9. The summed E-state index contributed by atoms with van der Waals surface area (Å²) in [6.45, 7) is 0.119. The van der Waals surface area contributed by atoms with E-state index in [-0.39, 0.29) is 12.3 Å². The van der Waals surface area contributed by atoms with Crippen molar-refractivity contribution in [3.63, 3.8) is 0 Å². The average molecular weight is 291 g/mol. The Bertz CT molecular complexity index is 474. The van der Waals surface area contributed by atoms with Crippen molar-refractivity contribution in [3.05, 3.63) is 23.8 Å². The minimum Gasteiger partial charge on any atom is -0.504 e. The van der Waals surface area contributed by atoms with Gasteiger partial charge in [-0.05, 0) is 17.7 Å². The van der Waals surface area contributed by atoms with E-state index in [0.717, 1.165) is 0 Å². The maximum atomic E-state index is 12.0. The molecule has 0 heterocycles. The molecule has 0 unspecified atom stereocenters. The van der Waals surface area contributed by atoms with Gasteiger partial charge in [-0.2, -0.15) is 13.2 Å². The van der Waals surface area contributed by atoms with Crippen molar-refractivity contribution in [1.29, 1.82) is 0 Å². The maximum absolute atomic E-state index is 12.0. The lowest BCUT2D eigenvalue weighted by atomic mass is 10.2. The van der Waals surface area contributed by atoms with Crippen LogP contribution in [0.4, 0.5) is 13.2 Å². The zero-order valence-electron chi connectivity index (χ0n) is 11.2. The Hall–Kier alpha value is -1.92. The quantitative estimate of drug-likeness (QED) is 0.907. The molecule has 1 amide bonds. The minimum atomic E-state index is -4.34. The molecule has 0 bridgehead atoms. The van der Waals surface area contributed by atoms with E-state index in [4.69, 9.17) is 4.74 Å². The van der Waals surface area contributed by atoms with Crippen molar-refractivity contribution in [1.82, 2.24) is 4.90 Å². The first-order valence-electron chi connectivity index (χ1n) is 5.89. The van der Waals surface area contributed by atoms with Crippen LogP contribution in [0.5, 0.6) is 11.5 Å². The molecule has 112 valence electrons. The lowest BCUT2D eigenvalue weighted by molar-refractivity contribution is -0.148. The Morgan fingerprint density at radius 2 is 2.05 bits per heavy atom. The lowest BCUT2D eigenvalue weighted by Gasteiger charge is -2.18. The fourth-order valence-electron chi connectivity index (χ4n) is 1.64. The van der Waals surface area contributed by atoms with Crippen molar-refractivity contribution in [2.24, 2.45) is 0 Å². The summed E-state index contributed by atoms with van der Waals surface area (Å²) in [7, 11) is 2.82. The molecular weight excluding hydrogens is 275 g/mol. The van der Waals surface area contributed by atoms with Gasteiger partial charge in [0.1, 0.15) is 0 Å². The zero-order valence-corrected chi connectivity index (χ0v) is 11.2. The number of rotatable bonds is 5. The largest absolute Gasteiger partial charge is 0.504 e. The number of phenols is 1. The molecule has 1 aromatic carbocycles. The van der Waals surface area contributed by atoms with Gasteiger partial charge in [0.2, 0.25) is 5.91 Å². The van der Waals surface area contributed by atoms with Crippen molar-refractivity contribution < 1.29 is 27.8 Å². The van der Waals surface area contributed by atoms with E-state index in [1.54, 1.807) is 6.07 Å². The van der Waals surface area contributed by atoms with Crippen LogP contribution in [0.25, 0.3) is 0 Å². The SMILES string of the molecule is COc1ccc(CN(C)C(=O)CCC(F)(F)F)cc1O. The van der Waals surface area contributed by atoms with E-state index < -0.39 is 24.9 Å². The molecular formula is C13H16F3NO3. The second-order valence-electron chi connectivity index (χ2n) is 4.37. The number of alkyl halides is 3. The van der Waals surface area contributed by atoms with Gasteiger partial charge in [0.25, 0.3) is 0 Å². The lowest BCUT2D eigenvalue weighted by Crippen LogP contribution is -2.27. The Morgan fingerprint density at radius 1 is 1.40 bits per heavy atom. The van der Waals surface area contributed by atoms with Crippen LogP contribution < -0.4 is 4.74 Å². The number of carbonyl (C=O) groups excluding carboxylic acids is 1. The van der Waals surface area contributed by atoms with Crippen LogP contribution >= 0.6 is 0 Å². The van der Waals surface area contributed by atoms with Gasteiger partial charge < -0.3 is 14.7 Å². The number of amides is 1. The summed E-state index contributed by atoms with van der Waals surface area (Å²) >= 11 is 0. The number of nitrogens with zero attached hydrogens (tertiary/aromatic N) is 1. The van der Waals surface area contributed by atoms with E-state index in [2.05, 4.69) is 0 Å². The number of methoxy groups -OCH3 is 1. The first-order valence-corrected chi connectivity index (χ1v) is 5.89. The molecule has 0 atom stereocenters. The highest BCUT2D eigenvalue weighted by Gasteiger charge is 2.28. The standard InChI is InChI=1S/C13H16F3NO3/c1-17(12(19)5-6-13(14,15)16)8-9-3-4-11(20-2)10(18)7-9/h3-4,7,18H,5-6,8H2,1-2H3. The van der Waals surface area contributed by atoms with Gasteiger partial charge >= 0.3 is 6.18 Å². The van der Waals surface area contributed by atoms with Crippen LogP contribution in [0.2, 0.25) is 0 Å². The summed E-state index contributed by atoms with van der Waals surface area (Å²) in [5.41, 5.74) is 0.603. The third-order valence-corrected chi connectivity index (χ3v) is 2.71. The van der Waals surface area contributed by atoms with Gasteiger partial charge in [0, 0.05) is 20.0 Å². The molecule has 0 radical (unpaired) electrons. The Morgan fingerprint density at radius 3 is 2.55 bits per heavy atom. The van der Waals surface area contributed by atoms with Crippen LogP contribution in [0.15, 0.2) is 18.2 Å². The molecule has 0 spiro atoms. The van der Waals surface area contributed by atoms with E-state index >= 15 is 0 Å². The highest BCUT2D eigenvalue weighted by molar-refractivity contribution is 5.75. The third kappa shape index (κ3) is 4.99. The number of ether oxygens (including phenoxy) is 1. The van der Waals surface area contributed by atoms with Crippen LogP contribution in [-0.4, -0.2) is 36.2 Å². The monoisotopic (exact) mass is 291 g/mol. The van der Waals surface area contributed by atoms with E-state index in [9.17, 15) is 23.1 Å². The van der Waals surface area contributed by atoms with E-state index in [0.29, 0.717) is 11.3 Å². The average Bonchev–Trinajstić information content (AvgIpc) is 2.35. The predicted octanol–water partition coefficient (Wildman–Crippen LogP) is 2.70. The smallest absolute Gasteiger partial charge is 0.389 e. The summed E-state index contributed by atoms with van der Waals surface area (Å²) in [4.78, 5) is 12.7. The fraction of sp³-hybridized carbons (Fsp3) is 0.462. The topological polar surface area (TPSA) is 49.8 Å². The molecule has 0 fully saturated rings. The summed E-state index contributed by atoms with van der Waals surface area (Å²) in [5.74, 6) is -0.390. The number of aromatic hydroxyl groups is 1. The second kappa shape index (κ2) is 6.49. The molecule has 1 aromatic rings. The van der Waals surface area contributed by atoms with Gasteiger partial charge in [0.05, 0.1) is 13.5 Å². The highest BCUT2D eigenvalue weighted by Crippen LogP contribution is 2.27. The molecule has 20 heavy (non-hydrogen) atoms. The number of phenolic OH excluding ortho intramolecular Hbond substituents is 1. The number of halogens is 3. The molecule has 4 nitrogen and oxygen atoms in total. The van der Waals surface area contributed by atoms with E-state index in [1.807, 2.05) is 0 Å². The normalized spacial score (nSPS) is 11.2. The number of benzene rings is 1. The first kappa shape index (κ1) is 16.1. The van der Waals surface area contributed by atoms with Gasteiger partial charge in [-0.25, -0.2) is 0 Å². The van der Waals surface area contributed by atoms with Crippen molar-refractivity contribution in [2.75, 3.05) is 14.2 Å². The molecule has 0 aliphatic heterocycles. The minimum absolute atomic E-state index is 0.0823. The number of carbonyl (C=O) groups is 1. The van der Waals surface area contributed by atoms with Gasteiger partial charge in [0.15, 0.2) is 11.5 Å². The molecule has 1 rings (SSSR count). The first-order chi connectivity index (χ1) is 9.23. The van der Waals surface area contributed by atoms with Crippen LogP contribution in [0.3, 0.4) is 0 Å². The molecule has 0 aliphatic rings. The molecule has 0 aromatic heterocycles. The van der Waals surface area contributed by atoms with Crippen LogP contribution in [0.1, 0.15) is 18.4 Å². The third-order valence-electron chi connectivity index (χ3n) is 2.71. The van der Waals surface area contributed by atoms with Crippen LogP contribution in [0, 0.1) is 0 Å². The zero-order chi connectivity index (χ0) is 15.3. The Balaban J connectivity index is 2.59. The summed E-state index contributed by atoms with van der Waals surface area (Å²) in [5, 5.41) is 9.58. The van der Waals surface area contributed by atoms with Gasteiger partial charge in [-0.1, -0.05) is 6.07 Å². The highest BCUT2D eigenvalue weighted by atomic mass is 19.4. The van der Waals surface area contributed by atoms with Crippen molar-refractivity contribution in [2.45, 2.75) is 25.6 Å². The summed E-state index contributed by atoms with van der Waals surface area (Å²) in [6.07, 6.45) is -6.05. The van der Waals surface area contributed by atoms with Crippen molar-refractivity contribution in [3.8, 4) is 11.5 Å². The second-order valence-corrected chi connectivity index (χ2v) is 4.37. The molecule has 0 saturated carbocycles. The van der Waals surface area contributed by atoms with Gasteiger partial charge in [-0.3, -0.25) is 4.79 Å². The summed E-state index contributed by atoms with van der Waals surface area (Å²) in [6, 6.07) is 4.57. The molecule has 1 N–H and O–H groups in total. The number of hydrogen-bond acceptors (Lipinski definition) is 3. The van der Waals surface area contributed by atoms with E-state index in [1.165, 1.54) is 31.2 Å². The Kier molecular flexibility index (Phi) is 5.24. The molecule has 0 aliphatic carbocycles. The predicted molar refractivity (Wildman–Crippen MR) is 66.4 cm³/mol. The van der Waals surface area contributed by atoms with Gasteiger partial charge in [-0.15, -0.1) is 0 Å². The number of hydrogen-bond donors (Lipinski definition) is 1. The molecule has 7 heteroatoms. The molecule has 0 saturated heterocycles. The van der Waals surface area contributed by atoms with Crippen molar-refractivity contribution >= 4 is 5.91 Å². The van der Waals surface area contributed by atoms with Crippen LogP contribution in [-0.2, 0) is 11.3 Å². The maximum Gasteiger partial charge on any atom is 0.389 e.